The molecule has 0 N–H and O–H groups in total. The fraction of sp³-hybridized carbons (Fsp3) is 1.00. The molecule has 8 unspecified atom stereocenters. The maximum Gasteiger partial charge on any atom is -0.0321 e. The minimum Gasteiger partial charge on any atom is -0.0651 e. The molecular formula is C15H24. The van der Waals surface area contributed by atoms with Crippen molar-refractivity contribution >= 4 is 0 Å². The Labute approximate surface area is 93.8 Å². The van der Waals surface area contributed by atoms with Crippen molar-refractivity contribution in [3.05, 3.63) is 0 Å². The van der Waals surface area contributed by atoms with E-state index in [0.717, 1.165) is 17.8 Å². The van der Waals surface area contributed by atoms with Crippen LogP contribution in [0, 0.1) is 47.3 Å². The quantitative estimate of drug-likeness (QED) is 0.567. The third-order valence-electron chi connectivity index (χ3n) is 6.81. The molecule has 4 fully saturated rings. The molecule has 4 bridgehead atoms. The maximum absolute atomic E-state index is 2.53. The van der Waals surface area contributed by atoms with Crippen LogP contribution in [0.4, 0.5) is 0 Å². The van der Waals surface area contributed by atoms with E-state index in [1.807, 2.05) is 0 Å². The maximum atomic E-state index is 2.53. The van der Waals surface area contributed by atoms with Crippen LogP contribution in [0.25, 0.3) is 0 Å². The lowest BCUT2D eigenvalue weighted by molar-refractivity contribution is 0.0784. The summed E-state index contributed by atoms with van der Waals surface area (Å²) >= 11 is 0. The average molecular weight is 204 g/mol. The Bertz CT molecular complexity index is 282. The van der Waals surface area contributed by atoms with E-state index in [0.29, 0.717) is 0 Å². The predicted octanol–water partition coefficient (Wildman–Crippen LogP) is 3.96. The van der Waals surface area contributed by atoms with Crippen molar-refractivity contribution < 1.29 is 0 Å². The standard InChI is InChI=1S/C15H24/c1-3-9-5-11-7-13(9)15-10-4-8(2)12(6-10)14(11)15/h8-15H,3-7H2,1-2H3. The van der Waals surface area contributed by atoms with Crippen LogP contribution in [0.3, 0.4) is 0 Å². The van der Waals surface area contributed by atoms with Gasteiger partial charge in [0, 0.05) is 0 Å². The van der Waals surface area contributed by atoms with E-state index in [4.69, 9.17) is 0 Å². The zero-order valence-corrected chi connectivity index (χ0v) is 10.2. The summed E-state index contributed by atoms with van der Waals surface area (Å²) in [5.74, 6) is 9.28. The molecule has 4 rings (SSSR count). The second-order valence-corrected chi connectivity index (χ2v) is 7.09. The van der Waals surface area contributed by atoms with Crippen molar-refractivity contribution in [2.24, 2.45) is 47.3 Å². The van der Waals surface area contributed by atoms with Gasteiger partial charge in [-0.05, 0) is 73.0 Å². The van der Waals surface area contributed by atoms with E-state index in [2.05, 4.69) is 13.8 Å². The molecule has 4 aliphatic carbocycles. The molecule has 0 saturated heterocycles. The van der Waals surface area contributed by atoms with Gasteiger partial charge in [-0.1, -0.05) is 20.3 Å². The summed E-state index contributed by atoms with van der Waals surface area (Å²) in [6, 6.07) is 0. The van der Waals surface area contributed by atoms with Crippen LogP contribution in [0.15, 0.2) is 0 Å². The molecule has 84 valence electrons. The Morgan fingerprint density at radius 3 is 2.33 bits per heavy atom. The zero-order chi connectivity index (χ0) is 10.2. The highest BCUT2D eigenvalue weighted by Gasteiger charge is 2.63. The summed E-state index contributed by atoms with van der Waals surface area (Å²) in [4.78, 5) is 0. The Morgan fingerprint density at radius 1 is 0.867 bits per heavy atom. The van der Waals surface area contributed by atoms with Crippen molar-refractivity contribution in [1.82, 2.24) is 0 Å². The Hall–Kier alpha value is 0. The molecular weight excluding hydrogens is 180 g/mol. The molecule has 8 atom stereocenters. The smallest absolute Gasteiger partial charge is 0.0321 e. The number of hydrogen-bond donors (Lipinski definition) is 0. The Kier molecular flexibility index (Phi) is 1.70. The fourth-order valence-electron chi connectivity index (χ4n) is 6.54. The van der Waals surface area contributed by atoms with Crippen molar-refractivity contribution in [2.75, 3.05) is 0 Å². The molecule has 0 amide bonds. The Balaban J connectivity index is 1.67. The first-order chi connectivity index (χ1) is 7.29. The van der Waals surface area contributed by atoms with Gasteiger partial charge in [0.1, 0.15) is 0 Å². The minimum atomic E-state index is 1.08. The molecule has 0 aliphatic heterocycles. The molecule has 15 heavy (non-hydrogen) atoms. The van der Waals surface area contributed by atoms with Gasteiger partial charge in [0.2, 0.25) is 0 Å². The number of rotatable bonds is 1. The predicted molar refractivity (Wildman–Crippen MR) is 62.4 cm³/mol. The third-order valence-corrected chi connectivity index (χ3v) is 6.81. The van der Waals surface area contributed by atoms with Crippen molar-refractivity contribution in [2.45, 2.75) is 46.0 Å². The summed E-state index contributed by atoms with van der Waals surface area (Å²) < 4.78 is 0. The summed E-state index contributed by atoms with van der Waals surface area (Å²) in [5, 5.41) is 0. The molecule has 0 heterocycles. The van der Waals surface area contributed by atoms with E-state index >= 15 is 0 Å². The van der Waals surface area contributed by atoms with Gasteiger partial charge in [-0.15, -0.1) is 0 Å². The van der Waals surface area contributed by atoms with Gasteiger partial charge in [-0.2, -0.15) is 0 Å². The molecule has 0 aromatic carbocycles. The van der Waals surface area contributed by atoms with Crippen LogP contribution in [-0.4, -0.2) is 0 Å². The molecule has 0 nitrogen and oxygen atoms in total. The SMILES string of the molecule is CCC1CC2CC1C1C3CC(C)C(C3)C21. The lowest BCUT2D eigenvalue weighted by Gasteiger charge is -2.40. The minimum absolute atomic E-state index is 1.08. The van der Waals surface area contributed by atoms with Gasteiger partial charge in [-0.25, -0.2) is 0 Å². The summed E-state index contributed by atoms with van der Waals surface area (Å²) in [7, 11) is 0. The van der Waals surface area contributed by atoms with Gasteiger partial charge in [-0.3, -0.25) is 0 Å². The van der Waals surface area contributed by atoms with Crippen LogP contribution in [0.5, 0.6) is 0 Å². The zero-order valence-electron chi connectivity index (χ0n) is 10.2. The summed E-state index contributed by atoms with van der Waals surface area (Å²) in [5.41, 5.74) is 0. The van der Waals surface area contributed by atoms with E-state index in [-0.39, 0.29) is 0 Å². The molecule has 0 spiro atoms. The lowest BCUT2D eigenvalue weighted by atomic mass is 9.65. The van der Waals surface area contributed by atoms with Crippen LogP contribution in [-0.2, 0) is 0 Å². The molecule has 4 saturated carbocycles. The molecule has 0 aromatic rings. The van der Waals surface area contributed by atoms with Crippen LogP contribution >= 0.6 is 0 Å². The first kappa shape index (κ1) is 9.07. The molecule has 4 aliphatic rings. The second-order valence-electron chi connectivity index (χ2n) is 7.09. The monoisotopic (exact) mass is 204 g/mol. The van der Waals surface area contributed by atoms with Crippen molar-refractivity contribution in [3.8, 4) is 0 Å². The van der Waals surface area contributed by atoms with Crippen LogP contribution < -0.4 is 0 Å². The number of fused-ring (bicyclic) bond motifs is 9. The molecule has 0 radical (unpaired) electrons. The van der Waals surface area contributed by atoms with Crippen molar-refractivity contribution in [3.63, 3.8) is 0 Å². The summed E-state index contributed by atoms with van der Waals surface area (Å²) in [6.07, 6.45) is 7.93. The highest BCUT2D eigenvalue weighted by molar-refractivity contribution is 5.11. The first-order valence-electron chi connectivity index (χ1n) is 7.29. The van der Waals surface area contributed by atoms with E-state index in [1.165, 1.54) is 36.0 Å². The van der Waals surface area contributed by atoms with Gasteiger partial charge < -0.3 is 0 Å². The second kappa shape index (κ2) is 2.81. The third kappa shape index (κ3) is 0.953. The van der Waals surface area contributed by atoms with Gasteiger partial charge in [0.05, 0.1) is 0 Å². The van der Waals surface area contributed by atoms with Gasteiger partial charge in [0.25, 0.3) is 0 Å². The summed E-state index contributed by atoms with van der Waals surface area (Å²) in [6.45, 7) is 4.96. The van der Waals surface area contributed by atoms with E-state index in [1.54, 1.807) is 25.7 Å². The highest BCUT2D eigenvalue weighted by atomic mass is 14.7. The van der Waals surface area contributed by atoms with Crippen LogP contribution in [0.1, 0.15) is 46.0 Å². The van der Waals surface area contributed by atoms with Crippen molar-refractivity contribution in [1.29, 1.82) is 0 Å². The van der Waals surface area contributed by atoms with Gasteiger partial charge in [0.15, 0.2) is 0 Å². The van der Waals surface area contributed by atoms with E-state index in [9.17, 15) is 0 Å². The fourth-order valence-corrected chi connectivity index (χ4v) is 6.54. The topological polar surface area (TPSA) is 0 Å². The van der Waals surface area contributed by atoms with Crippen LogP contribution in [0.2, 0.25) is 0 Å². The highest BCUT2D eigenvalue weighted by Crippen LogP contribution is 2.70. The normalized spacial score (nSPS) is 65.2. The number of hydrogen-bond acceptors (Lipinski definition) is 0. The van der Waals surface area contributed by atoms with Gasteiger partial charge >= 0.3 is 0 Å². The first-order valence-corrected chi connectivity index (χ1v) is 7.29. The van der Waals surface area contributed by atoms with E-state index < -0.39 is 0 Å². The average Bonchev–Trinajstić information content (AvgIpc) is 2.91. The largest absolute Gasteiger partial charge is 0.0651 e. The molecule has 0 heteroatoms. The lowest BCUT2D eigenvalue weighted by Crippen LogP contribution is -2.34. The molecule has 0 aromatic heterocycles. The Morgan fingerprint density at radius 2 is 1.53 bits per heavy atom.